The van der Waals surface area contributed by atoms with E-state index in [9.17, 15) is 14.4 Å². The molecule has 31 heavy (non-hydrogen) atoms. The first kappa shape index (κ1) is 24.4. The molecule has 0 heterocycles. The van der Waals surface area contributed by atoms with Crippen LogP contribution in [0.5, 0.6) is 0 Å². The van der Waals surface area contributed by atoms with Crippen molar-refractivity contribution in [1.82, 2.24) is 10.6 Å². The van der Waals surface area contributed by atoms with Crippen molar-refractivity contribution >= 4 is 29.7 Å². The minimum atomic E-state index is -0.573. The van der Waals surface area contributed by atoms with Gasteiger partial charge in [0, 0.05) is 25.2 Å². The summed E-state index contributed by atoms with van der Waals surface area (Å²) in [4.78, 5) is 36.0. The maximum Gasteiger partial charge on any atom is 0.407 e. The highest BCUT2D eigenvalue weighted by atomic mass is 16.6. The number of alkyl carbamates (subject to hydrolysis) is 1. The average molecular weight is 430 g/mol. The van der Waals surface area contributed by atoms with E-state index in [2.05, 4.69) is 22.9 Å². The van der Waals surface area contributed by atoms with Gasteiger partial charge in [0.1, 0.15) is 5.60 Å². The van der Waals surface area contributed by atoms with Gasteiger partial charge in [-0.15, -0.1) is 0 Å². The van der Waals surface area contributed by atoms with Crippen LogP contribution in [0, 0.1) is 5.92 Å². The zero-order valence-corrected chi connectivity index (χ0v) is 19.2. The molecule has 1 aromatic carbocycles. The summed E-state index contributed by atoms with van der Waals surface area (Å²) in [6.45, 7) is 9.36. The largest absolute Gasteiger partial charge is 0.444 e. The van der Waals surface area contributed by atoms with E-state index >= 15 is 0 Å². The van der Waals surface area contributed by atoms with Crippen molar-refractivity contribution in [3.05, 3.63) is 35.9 Å². The van der Waals surface area contributed by atoms with Crippen LogP contribution in [-0.2, 0) is 14.3 Å². The van der Waals surface area contributed by atoms with Crippen LogP contribution in [0.15, 0.2) is 30.3 Å². The third-order valence-corrected chi connectivity index (χ3v) is 5.43. The molecule has 1 aromatic rings. The first-order chi connectivity index (χ1) is 14.5. The topological polar surface area (TPSA) is 96.5 Å². The van der Waals surface area contributed by atoms with Gasteiger partial charge in [0.2, 0.25) is 11.8 Å². The van der Waals surface area contributed by atoms with Crippen LogP contribution >= 0.6 is 0 Å². The Balaban J connectivity index is 2.03. The Morgan fingerprint density at radius 3 is 2.42 bits per heavy atom. The molecule has 2 rings (SSSR count). The molecule has 7 heteroatoms. The summed E-state index contributed by atoms with van der Waals surface area (Å²) in [5.41, 5.74) is 0.474. The molecule has 0 spiro atoms. The Bertz CT molecular complexity index is 811. The van der Waals surface area contributed by atoms with Gasteiger partial charge >= 0.3 is 6.09 Å². The molecular formula is C24H35N3O4. The Hall–Kier alpha value is -2.83. The van der Waals surface area contributed by atoms with Crippen LogP contribution in [0.25, 0.3) is 6.08 Å². The minimum absolute atomic E-state index is 0.130. The average Bonchev–Trinajstić information content (AvgIpc) is 2.66. The maximum atomic E-state index is 12.7. The zero-order chi connectivity index (χ0) is 23.1. The summed E-state index contributed by atoms with van der Waals surface area (Å²) in [6, 6.07) is 7.24. The number of amides is 3. The van der Waals surface area contributed by atoms with E-state index < -0.39 is 17.2 Å². The molecule has 1 saturated carbocycles. The molecule has 2 unspecified atom stereocenters. The summed E-state index contributed by atoms with van der Waals surface area (Å²) in [7, 11) is 0. The number of carbonyl (C=O) groups is 3. The summed E-state index contributed by atoms with van der Waals surface area (Å²) < 4.78 is 5.35. The van der Waals surface area contributed by atoms with Gasteiger partial charge in [0.15, 0.2) is 0 Å². The van der Waals surface area contributed by atoms with Gasteiger partial charge in [-0.05, 0) is 63.3 Å². The highest BCUT2D eigenvalue weighted by Crippen LogP contribution is 2.33. The number of benzene rings is 1. The summed E-state index contributed by atoms with van der Waals surface area (Å²) in [5, 5.41) is 8.71. The van der Waals surface area contributed by atoms with Gasteiger partial charge in [0.25, 0.3) is 0 Å². The van der Waals surface area contributed by atoms with Crippen LogP contribution in [0.2, 0.25) is 0 Å². The van der Waals surface area contributed by atoms with Crippen LogP contribution in [0.4, 0.5) is 10.5 Å². The highest BCUT2D eigenvalue weighted by Gasteiger charge is 2.39. The summed E-state index contributed by atoms with van der Waals surface area (Å²) in [5.74, 6) is -0.106. The van der Waals surface area contributed by atoms with Crippen molar-refractivity contribution in [3.8, 4) is 0 Å². The Kier molecular flexibility index (Phi) is 8.25. The Morgan fingerprint density at radius 2 is 1.84 bits per heavy atom. The fourth-order valence-corrected chi connectivity index (χ4v) is 3.79. The van der Waals surface area contributed by atoms with Crippen molar-refractivity contribution in [2.75, 3.05) is 11.9 Å². The third kappa shape index (κ3) is 8.07. The lowest BCUT2D eigenvalue weighted by Crippen LogP contribution is -2.60. The molecule has 1 fully saturated rings. The first-order valence-corrected chi connectivity index (χ1v) is 10.8. The van der Waals surface area contributed by atoms with E-state index in [1.807, 2.05) is 32.9 Å². The molecule has 1 aliphatic carbocycles. The maximum absolute atomic E-state index is 12.7. The molecule has 0 bridgehead atoms. The molecule has 170 valence electrons. The molecular weight excluding hydrogens is 394 g/mol. The smallest absolute Gasteiger partial charge is 0.407 e. The molecule has 3 amide bonds. The molecule has 7 nitrogen and oxygen atoms in total. The summed E-state index contributed by atoms with van der Waals surface area (Å²) in [6.07, 6.45) is 6.66. The number of carbonyl (C=O) groups excluding carboxylic acids is 3. The standard InChI is InChI=1S/C24H35N3O4/c1-17-8-6-7-15-24(17,16-25-22(30)31-23(3,4)5)27-21(29)14-11-19-9-12-20(13-10-19)26-18(2)28/h9-14,17H,6-8,15-16H2,1-5H3,(H,25,30)(H,26,28)(H,27,29)/b14-11+. The van der Waals surface area contributed by atoms with Gasteiger partial charge < -0.3 is 20.7 Å². The third-order valence-electron chi connectivity index (χ3n) is 5.43. The monoisotopic (exact) mass is 429 g/mol. The van der Waals surface area contributed by atoms with Crippen LogP contribution in [0.1, 0.15) is 65.9 Å². The van der Waals surface area contributed by atoms with Crippen LogP contribution in [0.3, 0.4) is 0 Å². The fourth-order valence-electron chi connectivity index (χ4n) is 3.79. The molecule has 0 aromatic heterocycles. The molecule has 0 radical (unpaired) electrons. The van der Waals surface area contributed by atoms with Gasteiger partial charge in [0.05, 0.1) is 5.54 Å². The molecule has 3 N–H and O–H groups in total. The van der Waals surface area contributed by atoms with E-state index in [0.717, 1.165) is 31.2 Å². The molecule has 0 aliphatic heterocycles. The van der Waals surface area contributed by atoms with E-state index in [1.165, 1.54) is 13.0 Å². The van der Waals surface area contributed by atoms with Crippen LogP contribution < -0.4 is 16.0 Å². The lowest BCUT2D eigenvalue weighted by atomic mass is 9.73. The predicted molar refractivity (Wildman–Crippen MR) is 123 cm³/mol. The number of nitrogens with one attached hydrogen (secondary N) is 3. The second-order valence-corrected chi connectivity index (χ2v) is 9.28. The SMILES string of the molecule is CC(=O)Nc1ccc(/C=C/C(=O)NC2(CNC(=O)OC(C)(C)C)CCCCC2C)cc1. The molecule has 1 aliphatic rings. The van der Waals surface area contributed by atoms with Crippen molar-refractivity contribution in [2.45, 2.75) is 71.4 Å². The number of hydrogen-bond acceptors (Lipinski definition) is 4. The van der Waals surface area contributed by atoms with Crippen LogP contribution in [-0.4, -0.2) is 35.6 Å². The fraction of sp³-hybridized carbons (Fsp3) is 0.542. The highest BCUT2D eigenvalue weighted by molar-refractivity contribution is 5.92. The van der Waals surface area contributed by atoms with Crippen molar-refractivity contribution < 1.29 is 19.1 Å². The van der Waals surface area contributed by atoms with Crippen molar-refractivity contribution in [2.24, 2.45) is 5.92 Å². The van der Waals surface area contributed by atoms with Gasteiger partial charge in [-0.2, -0.15) is 0 Å². The van der Waals surface area contributed by atoms with Gasteiger partial charge in [-0.1, -0.05) is 31.9 Å². The lowest BCUT2D eigenvalue weighted by Gasteiger charge is -2.43. The quantitative estimate of drug-likeness (QED) is 0.589. The molecule has 2 atom stereocenters. The Labute approximate surface area is 185 Å². The van der Waals surface area contributed by atoms with E-state index in [1.54, 1.807) is 18.2 Å². The van der Waals surface area contributed by atoms with E-state index in [0.29, 0.717) is 12.2 Å². The second kappa shape index (κ2) is 10.5. The number of anilines is 1. The van der Waals surface area contributed by atoms with Gasteiger partial charge in [-0.3, -0.25) is 9.59 Å². The predicted octanol–water partition coefficient (Wildman–Crippen LogP) is 4.25. The number of rotatable bonds is 6. The van der Waals surface area contributed by atoms with E-state index in [4.69, 9.17) is 4.74 Å². The first-order valence-electron chi connectivity index (χ1n) is 10.8. The number of ether oxygens (including phenoxy) is 1. The Morgan fingerprint density at radius 1 is 1.16 bits per heavy atom. The minimum Gasteiger partial charge on any atom is -0.444 e. The van der Waals surface area contributed by atoms with Crippen molar-refractivity contribution in [3.63, 3.8) is 0 Å². The second-order valence-electron chi connectivity index (χ2n) is 9.28. The number of hydrogen-bond donors (Lipinski definition) is 3. The zero-order valence-electron chi connectivity index (χ0n) is 19.2. The van der Waals surface area contributed by atoms with E-state index in [-0.39, 0.29) is 17.7 Å². The lowest BCUT2D eigenvalue weighted by molar-refractivity contribution is -0.119. The molecule has 0 saturated heterocycles. The van der Waals surface area contributed by atoms with Crippen molar-refractivity contribution in [1.29, 1.82) is 0 Å². The normalized spacial score (nSPS) is 21.4. The van der Waals surface area contributed by atoms with Gasteiger partial charge in [-0.25, -0.2) is 4.79 Å². The summed E-state index contributed by atoms with van der Waals surface area (Å²) >= 11 is 0.